The molecular weight excluding hydrogens is 443 g/mol. The number of nitrogens with zero attached hydrogens (tertiary/aromatic N) is 2. The molecule has 4 aromatic heterocycles. The van der Waals surface area contributed by atoms with Gasteiger partial charge in [0.2, 0.25) is 5.91 Å². The Balaban J connectivity index is 1.67. The monoisotopic (exact) mass is 461 g/mol. The predicted octanol–water partition coefficient (Wildman–Crippen LogP) is 6.22. The van der Waals surface area contributed by atoms with Crippen LogP contribution in [0.25, 0.3) is 44.2 Å². The van der Waals surface area contributed by atoms with Gasteiger partial charge in [-0.05, 0) is 48.9 Å². The van der Waals surface area contributed by atoms with Gasteiger partial charge in [0, 0.05) is 57.4 Å². The molecule has 6 nitrogen and oxygen atoms in total. The normalized spacial score (nSPS) is 11.8. The molecule has 0 saturated carbocycles. The van der Waals surface area contributed by atoms with Gasteiger partial charge in [0.1, 0.15) is 5.65 Å². The van der Waals surface area contributed by atoms with E-state index in [1.807, 2.05) is 19.2 Å². The Morgan fingerprint density at radius 2 is 1.85 bits per heavy atom. The molecule has 170 valence electrons. The average Bonchev–Trinajstić information content (AvgIpc) is 3.40. The zero-order chi connectivity index (χ0) is 24.0. The van der Waals surface area contributed by atoms with Crippen LogP contribution in [0.4, 0.5) is 18.9 Å². The number of halogens is 3. The van der Waals surface area contributed by atoms with Crippen molar-refractivity contribution in [3.63, 3.8) is 0 Å². The van der Waals surface area contributed by atoms with Crippen LogP contribution < -0.4 is 5.32 Å². The molecule has 0 aliphatic rings. The molecule has 9 heteroatoms. The molecule has 5 rings (SSSR count). The zero-order valence-electron chi connectivity index (χ0n) is 17.9. The first-order valence-corrected chi connectivity index (χ1v) is 10.3. The van der Waals surface area contributed by atoms with Gasteiger partial charge in [-0.2, -0.15) is 13.2 Å². The molecule has 1 aromatic carbocycles. The number of amides is 1. The van der Waals surface area contributed by atoms with Crippen molar-refractivity contribution in [2.24, 2.45) is 0 Å². The molecule has 0 bridgehead atoms. The van der Waals surface area contributed by atoms with Crippen LogP contribution in [0.15, 0.2) is 67.8 Å². The summed E-state index contributed by atoms with van der Waals surface area (Å²) in [5, 5.41) is 4.13. The fourth-order valence-corrected chi connectivity index (χ4v) is 4.01. The van der Waals surface area contributed by atoms with E-state index in [2.05, 4.69) is 31.8 Å². The van der Waals surface area contributed by atoms with Crippen LogP contribution in [0.1, 0.15) is 11.3 Å². The topological polar surface area (TPSA) is 86.5 Å². The zero-order valence-corrected chi connectivity index (χ0v) is 17.9. The van der Waals surface area contributed by atoms with Crippen molar-refractivity contribution in [2.45, 2.75) is 13.1 Å². The molecule has 0 saturated heterocycles. The Labute approximate surface area is 191 Å². The maximum atomic E-state index is 13.6. The summed E-state index contributed by atoms with van der Waals surface area (Å²) in [4.78, 5) is 26.8. The van der Waals surface area contributed by atoms with Crippen LogP contribution in [0.5, 0.6) is 0 Å². The number of alkyl halides is 3. The van der Waals surface area contributed by atoms with Gasteiger partial charge >= 0.3 is 6.18 Å². The van der Waals surface area contributed by atoms with Gasteiger partial charge in [0.25, 0.3) is 0 Å². The van der Waals surface area contributed by atoms with Crippen molar-refractivity contribution in [1.29, 1.82) is 0 Å². The van der Waals surface area contributed by atoms with E-state index in [1.54, 1.807) is 18.5 Å². The second-order valence-electron chi connectivity index (χ2n) is 7.91. The first-order chi connectivity index (χ1) is 16.2. The molecule has 0 fully saturated rings. The lowest BCUT2D eigenvalue weighted by atomic mass is 9.99. The Morgan fingerprint density at radius 1 is 1.03 bits per heavy atom. The largest absolute Gasteiger partial charge is 0.416 e. The lowest BCUT2D eigenvalue weighted by Gasteiger charge is -2.13. The van der Waals surface area contributed by atoms with Crippen LogP contribution >= 0.6 is 0 Å². The standard InChI is InChI=1S/C25H18F3N5O/c1-3-23(34)33-17-6-14(5-16(8-17)25(26,27)28)15-7-19-21(11-31-24(19)30-9-15)20-10-29-12-22-18(20)4-13(2)32-22/h3-12,32H,1H2,2H3,(H,30,31)(H,33,34). The Bertz CT molecular complexity index is 1580. The van der Waals surface area contributed by atoms with Crippen molar-refractivity contribution in [3.8, 4) is 22.3 Å². The minimum Gasteiger partial charge on any atom is -0.357 e. The summed E-state index contributed by atoms with van der Waals surface area (Å²) < 4.78 is 40.7. The number of benzene rings is 1. The van der Waals surface area contributed by atoms with Crippen molar-refractivity contribution >= 4 is 33.5 Å². The molecule has 4 heterocycles. The number of hydrogen-bond donors (Lipinski definition) is 3. The fourth-order valence-electron chi connectivity index (χ4n) is 4.01. The maximum absolute atomic E-state index is 13.6. The molecule has 0 radical (unpaired) electrons. The second-order valence-corrected chi connectivity index (χ2v) is 7.91. The van der Waals surface area contributed by atoms with Crippen LogP contribution in [0.2, 0.25) is 0 Å². The molecule has 0 spiro atoms. The molecular formula is C25H18F3N5O. The van der Waals surface area contributed by atoms with Crippen molar-refractivity contribution in [3.05, 3.63) is 79.0 Å². The number of fused-ring (bicyclic) bond motifs is 2. The number of rotatable bonds is 4. The first kappa shape index (κ1) is 21.4. The van der Waals surface area contributed by atoms with E-state index >= 15 is 0 Å². The number of carbonyl (C=O) groups is 1. The van der Waals surface area contributed by atoms with Crippen LogP contribution in [-0.2, 0) is 11.0 Å². The van der Waals surface area contributed by atoms with Crippen molar-refractivity contribution < 1.29 is 18.0 Å². The molecule has 0 aliphatic carbocycles. The van der Waals surface area contributed by atoms with E-state index in [4.69, 9.17) is 0 Å². The van der Waals surface area contributed by atoms with E-state index in [0.717, 1.165) is 51.3 Å². The van der Waals surface area contributed by atoms with Gasteiger partial charge in [0.15, 0.2) is 0 Å². The van der Waals surface area contributed by atoms with Crippen LogP contribution in [0.3, 0.4) is 0 Å². The highest BCUT2D eigenvalue weighted by molar-refractivity contribution is 6.04. The maximum Gasteiger partial charge on any atom is 0.416 e. The highest BCUT2D eigenvalue weighted by atomic mass is 19.4. The van der Waals surface area contributed by atoms with E-state index in [0.29, 0.717) is 11.2 Å². The number of H-pyrrole nitrogens is 2. The van der Waals surface area contributed by atoms with Gasteiger partial charge in [0.05, 0.1) is 17.3 Å². The minimum absolute atomic E-state index is 0.0147. The van der Waals surface area contributed by atoms with Gasteiger partial charge in [-0.25, -0.2) is 4.98 Å². The first-order valence-electron chi connectivity index (χ1n) is 10.3. The summed E-state index contributed by atoms with van der Waals surface area (Å²) in [5.41, 5.74) is 4.04. The Morgan fingerprint density at radius 3 is 2.62 bits per heavy atom. The molecule has 0 aliphatic heterocycles. The number of hydrogen-bond acceptors (Lipinski definition) is 3. The average molecular weight is 461 g/mol. The summed E-state index contributed by atoms with van der Waals surface area (Å²) in [5.74, 6) is -0.603. The van der Waals surface area contributed by atoms with E-state index in [1.165, 1.54) is 12.3 Å². The number of aryl methyl sites for hydroxylation is 1. The Hall–Kier alpha value is -4.40. The SMILES string of the molecule is C=CC(=O)Nc1cc(-c2cnc3[nH]cc(-c4cncc5[nH]c(C)cc45)c3c2)cc(C(F)(F)F)c1. The highest BCUT2D eigenvalue weighted by Crippen LogP contribution is 2.38. The predicted molar refractivity (Wildman–Crippen MR) is 125 cm³/mol. The van der Waals surface area contributed by atoms with Gasteiger partial charge in [-0.1, -0.05) is 6.58 Å². The van der Waals surface area contributed by atoms with Crippen LogP contribution in [-0.4, -0.2) is 25.8 Å². The summed E-state index contributed by atoms with van der Waals surface area (Å²) in [6.45, 7) is 5.30. The molecule has 5 aromatic rings. The molecule has 3 N–H and O–H groups in total. The summed E-state index contributed by atoms with van der Waals surface area (Å²) in [6, 6.07) is 7.20. The number of aromatic amines is 2. The van der Waals surface area contributed by atoms with Crippen molar-refractivity contribution in [2.75, 3.05) is 5.32 Å². The molecule has 1 amide bonds. The highest BCUT2D eigenvalue weighted by Gasteiger charge is 2.31. The number of anilines is 1. The Kier molecular flexibility index (Phi) is 4.97. The molecule has 0 unspecified atom stereocenters. The lowest BCUT2D eigenvalue weighted by Crippen LogP contribution is -2.10. The molecule has 34 heavy (non-hydrogen) atoms. The van der Waals surface area contributed by atoms with Gasteiger partial charge in [-0.3, -0.25) is 9.78 Å². The third kappa shape index (κ3) is 3.81. The summed E-state index contributed by atoms with van der Waals surface area (Å²) in [7, 11) is 0. The van der Waals surface area contributed by atoms with Crippen LogP contribution in [0, 0.1) is 6.92 Å². The fraction of sp³-hybridized carbons (Fsp3) is 0.0800. The van der Waals surface area contributed by atoms with Gasteiger partial charge in [-0.15, -0.1) is 0 Å². The third-order valence-electron chi connectivity index (χ3n) is 5.55. The minimum atomic E-state index is -4.59. The van der Waals surface area contributed by atoms with E-state index in [9.17, 15) is 18.0 Å². The molecule has 0 atom stereocenters. The number of nitrogens with one attached hydrogen (secondary N) is 3. The quantitative estimate of drug-likeness (QED) is 0.278. The summed E-state index contributed by atoms with van der Waals surface area (Å²) in [6.07, 6.45) is 3.20. The number of pyridine rings is 2. The number of aromatic nitrogens is 4. The van der Waals surface area contributed by atoms with E-state index in [-0.39, 0.29) is 11.3 Å². The smallest absolute Gasteiger partial charge is 0.357 e. The lowest BCUT2D eigenvalue weighted by molar-refractivity contribution is -0.137. The summed E-state index contributed by atoms with van der Waals surface area (Å²) >= 11 is 0. The van der Waals surface area contributed by atoms with Crippen molar-refractivity contribution in [1.82, 2.24) is 19.9 Å². The third-order valence-corrected chi connectivity index (χ3v) is 5.55. The van der Waals surface area contributed by atoms with E-state index < -0.39 is 17.6 Å². The second kappa shape index (κ2) is 7.87. The number of carbonyl (C=O) groups excluding carboxylic acids is 1. The van der Waals surface area contributed by atoms with Gasteiger partial charge < -0.3 is 15.3 Å².